The highest BCUT2D eigenvalue weighted by atomic mass is 16.7. The van der Waals surface area contributed by atoms with Crippen molar-refractivity contribution in [2.24, 2.45) is 23.2 Å². The molecule has 2 heterocycles. The largest absolute Gasteiger partial charge is 0.454 e. The van der Waals surface area contributed by atoms with E-state index >= 15 is 0 Å². The number of aliphatic hydroxyl groups excluding tert-OH is 1. The lowest BCUT2D eigenvalue weighted by atomic mass is 9.49. The molecular weight excluding hydrogens is 452 g/mol. The zero-order chi connectivity index (χ0) is 24.3. The summed E-state index contributed by atoms with van der Waals surface area (Å²) in [7, 11) is 0. The van der Waals surface area contributed by atoms with E-state index in [1.165, 1.54) is 26.2 Å². The molecule has 35 heavy (non-hydrogen) atoms. The Hall–Kier alpha value is -2.81. The Kier molecular flexibility index (Phi) is 5.43. The molecule has 0 aromatic heterocycles. The van der Waals surface area contributed by atoms with Gasteiger partial charge in [-0.25, -0.2) is 4.79 Å². The number of esters is 1. The summed E-state index contributed by atoms with van der Waals surface area (Å²) in [4.78, 5) is 41.2. The van der Waals surface area contributed by atoms with Crippen molar-refractivity contribution < 1.29 is 33.7 Å². The fourth-order valence-electron chi connectivity index (χ4n) is 7.46. The highest BCUT2D eigenvalue weighted by Crippen LogP contribution is 2.60. The van der Waals surface area contributed by atoms with Crippen molar-refractivity contribution in [2.45, 2.75) is 70.1 Å². The molecule has 0 radical (unpaired) electrons. The molecular formula is C26H32N2O7. The lowest BCUT2D eigenvalue weighted by Gasteiger charge is -2.56. The number of nitrogens with one attached hydrogen (secondary N) is 1. The Morgan fingerprint density at radius 1 is 1.06 bits per heavy atom. The summed E-state index contributed by atoms with van der Waals surface area (Å²) in [5, 5.41) is 13.1. The van der Waals surface area contributed by atoms with Crippen LogP contribution in [0, 0.1) is 23.2 Å². The molecule has 9 heteroatoms. The van der Waals surface area contributed by atoms with Gasteiger partial charge in [-0.1, -0.05) is 0 Å². The molecule has 1 aromatic carbocycles. The third kappa shape index (κ3) is 4.03. The van der Waals surface area contributed by atoms with Gasteiger partial charge >= 0.3 is 5.97 Å². The molecule has 3 atom stereocenters. The van der Waals surface area contributed by atoms with Crippen LogP contribution in [0.4, 0.5) is 5.69 Å². The highest BCUT2D eigenvalue weighted by Gasteiger charge is 2.57. The fraction of sp³-hybridized carbons (Fsp3) is 0.654. The van der Waals surface area contributed by atoms with E-state index < -0.39 is 35.5 Å². The van der Waals surface area contributed by atoms with Crippen LogP contribution in [0.1, 0.15) is 51.9 Å². The van der Waals surface area contributed by atoms with Crippen molar-refractivity contribution in [2.75, 3.05) is 18.7 Å². The molecule has 1 saturated heterocycles. The van der Waals surface area contributed by atoms with Crippen LogP contribution in [0.3, 0.4) is 0 Å². The fourth-order valence-corrected chi connectivity index (χ4v) is 7.46. The molecule has 2 unspecified atom stereocenters. The van der Waals surface area contributed by atoms with Gasteiger partial charge in [0.15, 0.2) is 17.6 Å². The summed E-state index contributed by atoms with van der Waals surface area (Å²) < 4.78 is 16.1. The number of benzene rings is 1. The average Bonchev–Trinajstić information content (AvgIpc) is 3.43. The van der Waals surface area contributed by atoms with Crippen LogP contribution in [-0.4, -0.2) is 59.4 Å². The number of hydrogen-bond acceptors (Lipinski definition) is 7. The second kappa shape index (κ2) is 8.40. The summed E-state index contributed by atoms with van der Waals surface area (Å²) in [6, 6.07) is 4.15. The van der Waals surface area contributed by atoms with Gasteiger partial charge in [-0.15, -0.1) is 0 Å². The molecule has 2 aliphatic heterocycles. The second-order valence-corrected chi connectivity index (χ2v) is 11.2. The predicted octanol–water partition coefficient (Wildman–Crippen LogP) is 2.46. The number of amides is 2. The van der Waals surface area contributed by atoms with Gasteiger partial charge in [0.1, 0.15) is 6.04 Å². The number of likely N-dealkylation sites (tertiary alicyclic amines) is 1. The van der Waals surface area contributed by atoms with Crippen molar-refractivity contribution in [3.63, 3.8) is 0 Å². The minimum Gasteiger partial charge on any atom is -0.454 e. The van der Waals surface area contributed by atoms with Gasteiger partial charge in [-0.2, -0.15) is 0 Å². The molecule has 1 aromatic rings. The third-order valence-corrected chi connectivity index (χ3v) is 8.61. The molecule has 7 rings (SSSR count). The number of hydrogen-bond donors (Lipinski definition) is 2. The first-order valence-corrected chi connectivity index (χ1v) is 12.7. The number of fused-ring (bicyclic) bond motifs is 1. The maximum absolute atomic E-state index is 13.8. The Balaban J connectivity index is 1.11. The zero-order valence-electron chi connectivity index (χ0n) is 19.9. The van der Waals surface area contributed by atoms with E-state index in [1.807, 2.05) is 0 Å². The maximum atomic E-state index is 13.8. The van der Waals surface area contributed by atoms with Crippen molar-refractivity contribution >= 4 is 23.5 Å². The van der Waals surface area contributed by atoms with Crippen LogP contribution in [0.15, 0.2) is 18.2 Å². The minimum absolute atomic E-state index is 0.00688. The van der Waals surface area contributed by atoms with Crippen LogP contribution >= 0.6 is 0 Å². The number of nitrogens with zero attached hydrogens (tertiary/aromatic N) is 1. The normalized spacial score (nSPS) is 35.1. The van der Waals surface area contributed by atoms with E-state index in [1.54, 1.807) is 23.1 Å². The standard InChI is InChI=1S/C26H32N2O7/c1-14(23(30)27-18-2-3-21-22(7-18)34-13-33-21)35-24(31)20-8-19(29)12-28(20)25(32)26-9-15-4-16(10-26)6-17(5-15)11-26/h2-3,7,14-17,19-20,29H,4-6,8-13H2,1H3,(H,27,30)/t14?,15?,16?,17?,19?,20-,26?/m0/s1. The van der Waals surface area contributed by atoms with Crippen molar-refractivity contribution in [1.82, 2.24) is 4.90 Å². The summed E-state index contributed by atoms with van der Waals surface area (Å²) in [5.41, 5.74) is 0.0942. The molecule has 2 N–H and O–H groups in total. The van der Waals surface area contributed by atoms with E-state index in [2.05, 4.69) is 5.32 Å². The highest BCUT2D eigenvalue weighted by molar-refractivity contribution is 5.96. The zero-order valence-corrected chi connectivity index (χ0v) is 19.9. The first-order chi connectivity index (χ1) is 16.8. The van der Waals surface area contributed by atoms with E-state index in [0.29, 0.717) is 34.9 Å². The number of ether oxygens (including phenoxy) is 3. The molecule has 5 fully saturated rings. The minimum atomic E-state index is -1.07. The first kappa shape index (κ1) is 22.6. The van der Waals surface area contributed by atoms with Crippen molar-refractivity contribution in [3.8, 4) is 11.5 Å². The lowest BCUT2D eigenvalue weighted by Crippen LogP contribution is -2.56. The summed E-state index contributed by atoms with van der Waals surface area (Å²) in [6.07, 6.45) is 4.61. The molecule has 6 aliphatic rings. The van der Waals surface area contributed by atoms with Crippen molar-refractivity contribution in [3.05, 3.63) is 18.2 Å². The summed E-state index contributed by atoms with van der Waals surface area (Å²) in [5.74, 6) is 1.79. The van der Waals surface area contributed by atoms with Gasteiger partial charge in [0, 0.05) is 24.7 Å². The number of rotatable bonds is 5. The van der Waals surface area contributed by atoms with E-state index in [4.69, 9.17) is 14.2 Å². The average molecular weight is 485 g/mol. The maximum Gasteiger partial charge on any atom is 0.329 e. The smallest absolute Gasteiger partial charge is 0.329 e. The van der Waals surface area contributed by atoms with Gasteiger partial charge in [0.05, 0.1) is 11.5 Å². The van der Waals surface area contributed by atoms with E-state index in [-0.39, 0.29) is 25.7 Å². The molecule has 188 valence electrons. The van der Waals surface area contributed by atoms with Gasteiger partial charge in [-0.3, -0.25) is 9.59 Å². The van der Waals surface area contributed by atoms with Gasteiger partial charge in [-0.05, 0) is 75.3 Å². The monoisotopic (exact) mass is 484 g/mol. The quantitative estimate of drug-likeness (QED) is 0.617. The second-order valence-electron chi connectivity index (χ2n) is 11.2. The van der Waals surface area contributed by atoms with Crippen molar-refractivity contribution in [1.29, 1.82) is 0 Å². The molecule has 0 spiro atoms. The molecule has 4 saturated carbocycles. The topological polar surface area (TPSA) is 114 Å². The number of carbonyl (C=O) groups is 3. The van der Waals surface area contributed by atoms with Crippen LogP contribution < -0.4 is 14.8 Å². The Morgan fingerprint density at radius 3 is 2.40 bits per heavy atom. The van der Waals surface area contributed by atoms with Crippen LogP contribution in [-0.2, 0) is 19.1 Å². The number of carbonyl (C=O) groups excluding carboxylic acids is 3. The number of anilines is 1. The van der Waals surface area contributed by atoms with Crippen LogP contribution in [0.5, 0.6) is 11.5 Å². The summed E-state index contributed by atoms with van der Waals surface area (Å²) in [6.45, 7) is 1.77. The van der Waals surface area contributed by atoms with E-state index in [9.17, 15) is 19.5 Å². The Bertz CT molecular complexity index is 1020. The number of aliphatic hydroxyl groups is 1. The SMILES string of the molecule is CC(OC(=O)[C@@H]1CC(O)CN1C(=O)C12CC3CC(CC(C3)C1)C2)C(=O)Nc1ccc2c(c1)OCO2. The Labute approximate surface area is 204 Å². The predicted molar refractivity (Wildman–Crippen MR) is 123 cm³/mol. The van der Waals surface area contributed by atoms with Gasteiger partial charge in [0.25, 0.3) is 5.91 Å². The number of β-amino-alcohol motifs (C(OH)–C–C–N with tert-alkyl or cyclic N) is 1. The summed E-state index contributed by atoms with van der Waals surface area (Å²) >= 11 is 0. The molecule has 4 bridgehead atoms. The van der Waals surface area contributed by atoms with Crippen LogP contribution in [0.25, 0.3) is 0 Å². The van der Waals surface area contributed by atoms with Crippen LogP contribution in [0.2, 0.25) is 0 Å². The first-order valence-electron chi connectivity index (χ1n) is 12.7. The van der Waals surface area contributed by atoms with Gasteiger partial charge in [0.2, 0.25) is 12.7 Å². The molecule has 9 nitrogen and oxygen atoms in total. The molecule has 2 amide bonds. The third-order valence-electron chi connectivity index (χ3n) is 8.61. The Morgan fingerprint density at radius 2 is 1.71 bits per heavy atom. The molecule has 4 aliphatic carbocycles. The van der Waals surface area contributed by atoms with E-state index in [0.717, 1.165) is 19.3 Å². The lowest BCUT2D eigenvalue weighted by molar-refractivity contribution is -0.168. The van der Waals surface area contributed by atoms with Gasteiger partial charge < -0.3 is 29.5 Å².